The minimum Gasteiger partial charge on any atom is -0.493 e. The summed E-state index contributed by atoms with van der Waals surface area (Å²) < 4.78 is 10.7. The van der Waals surface area contributed by atoms with Crippen molar-refractivity contribution >= 4 is 28.9 Å². The Labute approximate surface area is 167 Å². The van der Waals surface area contributed by atoms with Crippen LogP contribution in [0, 0.1) is 0 Å². The Morgan fingerprint density at radius 2 is 2.00 bits per heavy atom. The van der Waals surface area contributed by atoms with Gasteiger partial charge < -0.3 is 14.6 Å². The van der Waals surface area contributed by atoms with Gasteiger partial charge in [0.15, 0.2) is 11.5 Å². The van der Waals surface area contributed by atoms with Gasteiger partial charge in [0.25, 0.3) is 0 Å². The Balaban J connectivity index is 1.87. The number of benzene rings is 1. The maximum Gasteiger partial charge on any atom is 0.303 e. The number of thiophene rings is 1. The summed E-state index contributed by atoms with van der Waals surface area (Å²) in [6.45, 7) is 0. The number of aliphatic carboxylic acids is 1. The number of carbonyl (C=O) groups excluding carboxylic acids is 1. The third kappa shape index (κ3) is 4.33. The van der Waals surface area contributed by atoms with Gasteiger partial charge in [-0.2, -0.15) is 5.10 Å². The van der Waals surface area contributed by atoms with Gasteiger partial charge in [-0.25, -0.2) is 5.01 Å². The Hall–Kier alpha value is -2.87. The molecule has 148 valence electrons. The molecule has 0 fully saturated rings. The molecule has 8 heteroatoms. The first-order chi connectivity index (χ1) is 13.5. The molecule has 0 spiro atoms. The van der Waals surface area contributed by atoms with Crippen molar-refractivity contribution in [2.45, 2.75) is 31.7 Å². The fraction of sp³-hybridized carbons (Fsp3) is 0.350. The van der Waals surface area contributed by atoms with Crippen molar-refractivity contribution in [3.05, 3.63) is 46.2 Å². The molecule has 1 unspecified atom stereocenters. The number of amides is 1. The van der Waals surface area contributed by atoms with Gasteiger partial charge in [0.05, 0.1) is 30.9 Å². The van der Waals surface area contributed by atoms with E-state index < -0.39 is 5.97 Å². The molecule has 1 atom stereocenters. The fourth-order valence-corrected chi connectivity index (χ4v) is 3.88. The van der Waals surface area contributed by atoms with Gasteiger partial charge in [-0.3, -0.25) is 9.59 Å². The third-order valence-corrected chi connectivity index (χ3v) is 5.46. The quantitative estimate of drug-likeness (QED) is 0.727. The fourth-order valence-electron chi connectivity index (χ4n) is 3.16. The highest BCUT2D eigenvalue weighted by molar-refractivity contribution is 7.12. The molecule has 1 aliphatic rings. The highest BCUT2D eigenvalue weighted by atomic mass is 32.1. The topological polar surface area (TPSA) is 88.4 Å². The first kappa shape index (κ1) is 19.9. The van der Waals surface area contributed by atoms with Crippen LogP contribution in [0.2, 0.25) is 0 Å². The summed E-state index contributed by atoms with van der Waals surface area (Å²) in [6, 6.07) is 9.22. The number of carboxylic acids is 1. The summed E-state index contributed by atoms with van der Waals surface area (Å²) in [4.78, 5) is 24.5. The van der Waals surface area contributed by atoms with Gasteiger partial charge in [0, 0.05) is 19.3 Å². The first-order valence-corrected chi connectivity index (χ1v) is 9.78. The molecule has 28 heavy (non-hydrogen) atoms. The number of rotatable bonds is 8. The molecule has 0 saturated heterocycles. The van der Waals surface area contributed by atoms with E-state index >= 15 is 0 Å². The van der Waals surface area contributed by atoms with E-state index in [1.54, 1.807) is 25.6 Å². The maximum atomic E-state index is 12.8. The first-order valence-electron chi connectivity index (χ1n) is 8.90. The zero-order chi connectivity index (χ0) is 20.1. The second-order valence-corrected chi connectivity index (χ2v) is 7.29. The molecule has 7 nitrogen and oxygen atoms in total. The van der Waals surface area contributed by atoms with E-state index in [1.807, 2.05) is 35.7 Å². The average Bonchev–Trinajstić information content (AvgIpc) is 3.36. The largest absolute Gasteiger partial charge is 0.493 e. The standard InChI is InChI=1S/C20H22N2O5S/c1-26-16-9-8-13(11-17(16)27-2)15-12-14(18-5-4-10-28-18)21-22(15)19(23)6-3-7-20(24)25/h4-5,8-11,15H,3,6-7,12H2,1-2H3,(H,24,25). The van der Waals surface area contributed by atoms with Crippen LogP contribution in [0.15, 0.2) is 40.8 Å². The second-order valence-electron chi connectivity index (χ2n) is 6.34. The van der Waals surface area contributed by atoms with E-state index in [1.165, 1.54) is 5.01 Å². The van der Waals surface area contributed by atoms with E-state index in [9.17, 15) is 9.59 Å². The van der Waals surface area contributed by atoms with Gasteiger partial charge in [-0.1, -0.05) is 12.1 Å². The van der Waals surface area contributed by atoms with E-state index in [-0.39, 0.29) is 31.2 Å². The zero-order valence-corrected chi connectivity index (χ0v) is 16.6. The number of nitrogens with zero attached hydrogens (tertiary/aromatic N) is 2. The lowest BCUT2D eigenvalue weighted by molar-refractivity contribution is -0.137. The van der Waals surface area contributed by atoms with Crippen LogP contribution in [0.1, 0.15) is 42.2 Å². The van der Waals surface area contributed by atoms with Gasteiger partial charge in [0.1, 0.15) is 0 Å². The Kier molecular flexibility index (Phi) is 6.30. The number of hydrogen-bond donors (Lipinski definition) is 1. The predicted octanol–water partition coefficient (Wildman–Crippen LogP) is 3.70. The lowest BCUT2D eigenvalue weighted by atomic mass is 10.00. The number of methoxy groups -OCH3 is 2. The molecule has 1 N–H and O–H groups in total. The summed E-state index contributed by atoms with van der Waals surface area (Å²) in [5.74, 6) is 0.104. The highest BCUT2D eigenvalue weighted by Crippen LogP contribution is 2.38. The number of carbonyl (C=O) groups is 2. The molecular weight excluding hydrogens is 380 g/mol. The number of hydrogen-bond acceptors (Lipinski definition) is 6. The average molecular weight is 402 g/mol. The summed E-state index contributed by atoms with van der Waals surface area (Å²) >= 11 is 1.58. The molecule has 1 aromatic heterocycles. The van der Waals surface area contributed by atoms with E-state index in [2.05, 4.69) is 5.10 Å². The van der Waals surface area contributed by atoms with Crippen LogP contribution in [0.25, 0.3) is 0 Å². The zero-order valence-electron chi connectivity index (χ0n) is 15.8. The van der Waals surface area contributed by atoms with Crippen LogP contribution in [0.5, 0.6) is 11.5 Å². The van der Waals surface area contributed by atoms with E-state index in [0.717, 1.165) is 16.2 Å². The van der Waals surface area contributed by atoms with Crippen molar-refractivity contribution in [1.29, 1.82) is 0 Å². The van der Waals surface area contributed by atoms with Crippen LogP contribution in [-0.2, 0) is 9.59 Å². The van der Waals surface area contributed by atoms with Gasteiger partial charge >= 0.3 is 5.97 Å². The molecular formula is C20H22N2O5S. The lowest BCUT2D eigenvalue weighted by Gasteiger charge is -2.23. The molecule has 0 aliphatic carbocycles. The molecule has 2 heterocycles. The van der Waals surface area contributed by atoms with Gasteiger partial charge in [0.2, 0.25) is 5.91 Å². The van der Waals surface area contributed by atoms with Crippen LogP contribution in [0.4, 0.5) is 0 Å². The van der Waals surface area contributed by atoms with Gasteiger partial charge in [-0.05, 0) is 35.6 Å². The lowest BCUT2D eigenvalue weighted by Crippen LogP contribution is -2.27. The van der Waals surface area contributed by atoms with Crippen molar-refractivity contribution in [2.75, 3.05) is 14.2 Å². The van der Waals surface area contributed by atoms with E-state index in [0.29, 0.717) is 17.9 Å². The third-order valence-electron chi connectivity index (χ3n) is 4.55. The molecule has 1 amide bonds. The molecule has 0 bridgehead atoms. The van der Waals surface area contributed by atoms with Crippen molar-refractivity contribution < 1.29 is 24.2 Å². The predicted molar refractivity (Wildman–Crippen MR) is 106 cm³/mol. The number of ether oxygens (including phenoxy) is 2. The Morgan fingerprint density at radius 1 is 1.21 bits per heavy atom. The minimum absolute atomic E-state index is 0.0396. The van der Waals surface area contributed by atoms with Crippen LogP contribution in [0.3, 0.4) is 0 Å². The molecule has 3 rings (SSSR count). The van der Waals surface area contributed by atoms with Crippen LogP contribution in [-0.4, -0.2) is 41.9 Å². The Morgan fingerprint density at radius 3 is 2.64 bits per heavy atom. The molecule has 0 radical (unpaired) electrons. The van der Waals surface area contributed by atoms with Crippen molar-refractivity contribution in [3.8, 4) is 11.5 Å². The van der Waals surface area contributed by atoms with Crippen LogP contribution < -0.4 is 9.47 Å². The second kappa shape index (κ2) is 8.88. The van der Waals surface area contributed by atoms with E-state index in [4.69, 9.17) is 14.6 Å². The van der Waals surface area contributed by atoms with Gasteiger partial charge in [-0.15, -0.1) is 11.3 Å². The molecule has 0 saturated carbocycles. The molecule has 2 aromatic rings. The minimum atomic E-state index is -0.909. The monoisotopic (exact) mass is 402 g/mol. The Bertz CT molecular complexity index is 879. The number of carboxylic acid groups (broad SMARTS) is 1. The van der Waals surface area contributed by atoms with Crippen molar-refractivity contribution in [1.82, 2.24) is 5.01 Å². The SMILES string of the molecule is COc1ccc(C2CC(c3cccs3)=NN2C(=O)CCCC(=O)O)cc1OC. The van der Waals surface area contributed by atoms with Crippen molar-refractivity contribution in [3.63, 3.8) is 0 Å². The molecule has 1 aliphatic heterocycles. The summed E-state index contributed by atoms with van der Waals surface area (Å²) in [7, 11) is 3.14. The maximum absolute atomic E-state index is 12.8. The van der Waals surface area contributed by atoms with Crippen LogP contribution >= 0.6 is 11.3 Å². The smallest absolute Gasteiger partial charge is 0.303 e. The summed E-state index contributed by atoms with van der Waals surface area (Å²) in [5.41, 5.74) is 1.74. The number of hydrazone groups is 1. The summed E-state index contributed by atoms with van der Waals surface area (Å²) in [5, 5.41) is 16.9. The normalized spacial score (nSPS) is 16.0. The molecule has 1 aromatic carbocycles. The highest BCUT2D eigenvalue weighted by Gasteiger charge is 2.33. The van der Waals surface area contributed by atoms with Crippen molar-refractivity contribution in [2.24, 2.45) is 5.10 Å². The summed E-state index contributed by atoms with van der Waals surface area (Å²) in [6.07, 6.45) is 0.966.